The molecule has 0 bridgehead atoms. The van der Waals surface area contributed by atoms with Crippen LogP contribution in [0, 0.1) is 0 Å². The first-order valence-corrected chi connectivity index (χ1v) is 12.2. The molecule has 0 aliphatic heterocycles. The van der Waals surface area contributed by atoms with Crippen LogP contribution in [0.2, 0.25) is 0 Å². The predicted octanol–water partition coefficient (Wildman–Crippen LogP) is 8.51. The van der Waals surface area contributed by atoms with Crippen molar-refractivity contribution in [1.29, 1.82) is 0 Å². The van der Waals surface area contributed by atoms with E-state index in [-0.39, 0.29) is 0 Å². The molecule has 0 spiro atoms. The van der Waals surface area contributed by atoms with Gasteiger partial charge in [-0.2, -0.15) is 0 Å². The highest BCUT2D eigenvalue weighted by molar-refractivity contribution is 6.11. The Hall–Kier alpha value is -4.04. The van der Waals surface area contributed by atoms with E-state index >= 15 is 0 Å². The highest BCUT2D eigenvalue weighted by atomic mass is 15.0. The van der Waals surface area contributed by atoms with Crippen LogP contribution in [0.15, 0.2) is 109 Å². The van der Waals surface area contributed by atoms with E-state index in [1.165, 1.54) is 54.9 Å². The zero-order valence-corrected chi connectivity index (χ0v) is 19.3. The van der Waals surface area contributed by atoms with Gasteiger partial charge in [0.2, 0.25) is 0 Å². The molecular weight excluding hydrogens is 412 g/mol. The molecule has 2 nitrogen and oxygen atoms in total. The normalized spacial score (nSPS) is 16.1. The lowest BCUT2D eigenvalue weighted by atomic mass is 10.1. The molecule has 2 aromatic heterocycles. The Balaban J connectivity index is 1.36. The van der Waals surface area contributed by atoms with Crippen LogP contribution in [0.4, 0.5) is 0 Å². The number of benzene rings is 4. The van der Waals surface area contributed by atoms with E-state index in [1.54, 1.807) is 0 Å². The number of para-hydroxylation sites is 3. The molecule has 1 aliphatic carbocycles. The minimum absolute atomic E-state index is 0.298. The molecule has 6 aromatic rings. The predicted molar refractivity (Wildman–Crippen MR) is 145 cm³/mol. The van der Waals surface area contributed by atoms with E-state index < -0.39 is 0 Å². The molecule has 0 amide bonds. The SMILES string of the molecule is CCc1ccc2c(c1)c1ccccc1n2C1C=CC(n2c3ccccc3c3ccccc32)=CC1. The van der Waals surface area contributed by atoms with Crippen LogP contribution < -0.4 is 0 Å². The van der Waals surface area contributed by atoms with Gasteiger partial charge in [-0.1, -0.05) is 79.7 Å². The summed E-state index contributed by atoms with van der Waals surface area (Å²) in [5, 5.41) is 5.33. The number of aryl methyl sites for hydroxylation is 1. The van der Waals surface area contributed by atoms with Crippen molar-refractivity contribution in [1.82, 2.24) is 9.13 Å². The van der Waals surface area contributed by atoms with Crippen LogP contribution in [0.3, 0.4) is 0 Å². The van der Waals surface area contributed by atoms with Crippen molar-refractivity contribution in [3.63, 3.8) is 0 Å². The number of rotatable bonds is 3. The first-order valence-electron chi connectivity index (χ1n) is 12.2. The highest BCUT2D eigenvalue weighted by Gasteiger charge is 2.20. The van der Waals surface area contributed by atoms with Crippen LogP contribution in [-0.4, -0.2) is 9.13 Å². The molecule has 0 saturated heterocycles. The first-order chi connectivity index (χ1) is 16.8. The van der Waals surface area contributed by atoms with E-state index in [2.05, 4.69) is 125 Å². The van der Waals surface area contributed by atoms with Crippen LogP contribution >= 0.6 is 0 Å². The average Bonchev–Trinajstić information content (AvgIpc) is 3.41. The van der Waals surface area contributed by atoms with E-state index in [0.29, 0.717) is 6.04 Å². The second-order valence-electron chi connectivity index (χ2n) is 9.25. The molecule has 4 aromatic carbocycles. The monoisotopic (exact) mass is 438 g/mol. The van der Waals surface area contributed by atoms with Gasteiger partial charge in [0.1, 0.15) is 0 Å². The number of nitrogens with zero attached hydrogens (tertiary/aromatic N) is 2. The Bertz CT molecular complexity index is 1720. The number of hydrogen-bond donors (Lipinski definition) is 0. The van der Waals surface area contributed by atoms with Crippen LogP contribution in [0.5, 0.6) is 0 Å². The molecular formula is C32H26N2. The molecule has 1 aliphatic rings. The number of aromatic nitrogens is 2. The van der Waals surface area contributed by atoms with Crippen molar-refractivity contribution < 1.29 is 0 Å². The van der Waals surface area contributed by atoms with Crippen LogP contribution in [-0.2, 0) is 6.42 Å². The third-order valence-electron chi connectivity index (χ3n) is 7.41. The maximum absolute atomic E-state index is 2.53. The van der Waals surface area contributed by atoms with Gasteiger partial charge in [-0.15, -0.1) is 0 Å². The standard InChI is InChI=1S/C32H26N2/c1-2-22-15-20-32-28(21-22)27-11-5-8-14-31(27)34(32)24-18-16-23(17-19-24)33-29-12-6-3-9-25(29)26-10-4-7-13-30(26)33/h3-18,20-21,24H,2,19H2,1H3. The Morgan fingerprint density at radius 1 is 0.676 bits per heavy atom. The molecule has 0 fully saturated rings. The first kappa shape index (κ1) is 19.4. The van der Waals surface area contributed by atoms with Crippen LogP contribution in [0.1, 0.15) is 24.9 Å². The second kappa shape index (κ2) is 7.50. The molecule has 2 heterocycles. The Labute approximate surface area is 199 Å². The molecule has 0 N–H and O–H groups in total. The third kappa shape index (κ3) is 2.75. The third-order valence-corrected chi connectivity index (χ3v) is 7.41. The topological polar surface area (TPSA) is 9.86 Å². The molecule has 34 heavy (non-hydrogen) atoms. The van der Waals surface area contributed by atoms with Crippen molar-refractivity contribution in [3.05, 3.63) is 115 Å². The average molecular weight is 439 g/mol. The fourth-order valence-electron chi connectivity index (χ4n) is 5.78. The zero-order chi connectivity index (χ0) is 22.6. The highest BCUT2D eigenvalue weighted by Crippen LogP contribution is 2.38. The van der Waals surface area contributed by atoms with Gasteiger partial charge in [-0.25, -0.2) is 0 Å². The Morgan fingerprint density at radius 3 is 1.88 bits per heavy atom. The molecule has 1 unspecified atom stereocenters. The van der Waals surface area contributed by atoms with Gasteiger partial charge in [0.15, 0.2) is 0 Å². The summed E-state index contributed by atoms with van der Waals surface area (Å²) in [6, 6.07) is 33.6. The summed E-state index contributed by atoms with van der Waals surface area (Å²) in [5.41, 5.74) is 7.81. The maximum atomic E-state index is 2.53. The Morgan fingerprint density at radius 2 is 1.26 bits per heavy atom. The van der Waals surface area contributed by atoms with Crippen molar-refractivity contribution in [2.75, 3.05) is 0 Å². The molecule has 7 rings (SSSR count). The van der Waals surface area contributed by atoms with Crippen molar-refractivity contribution in [2.24, 2.45) is 0 Å². The number of hydrogen-bond acceptors (Lipinski definition) is 0. The van der Waals surface area contributed by atoms with E-state index in [1.807, 2.05) is 0 Å². The fraction of sp³-hybridized carbons (Fsp3) is 0.125. The lowest BCUT2D eigenvalue weighted by Gasteiger charge is -2.22. The van der Waals surface area contributed by atoms with E-state index in [4.69, 9.17) is 0 Å². The van der Waals surface area contributed by atoms with Gasteiger partial charge < -0.3 is 9.13 Å². The lowest BCUT2D eigenvalue weighted by Crippen LogP contribution is -2.09. The smallest absolute Gasteiger partial charge is 0.0561 e. The summed E-state index contributed by atoms with van der Waals surface area (Å²) < 4.78 is 4.94. The van der Waals surface area contributed by atoms with Crippen molar-refractivity contribution in [2.45, 2.75) is 25.8 Å². The van der Waals surface area contributed by atoms with Crippen LogP contribution in [0.25, 0.3) is 49.3 Å². The minimum Gasteiger partial charge on any atom is -0.333 e. The second-order valence-corrected chi connectivity index (χ2v) is 9.25. The fourth-order valence-corrected chi connectivity index (χ4v) is 5.78. The number of allylic oxidation sites excluding steroid dienone is 4. The summed E-state index contributed by atoms with van der Waals surface area (Å²) in [6.45, 7) is 2.23. The summed E-state index contributed by atoms with van der Waals surface area (Å²) in [4.78, 5) is 0. The summed E-state index contributed by atoms with van der Waals surface area (Å²) in [7, 11) is 0. The van der Waals surface area contributed by atoms with E-state index in [0.717, 1.165) is 12.8 Å². The van der Waals surface area contributed by atoms with Gasteiger partial charge >= 0.3 is 0 Å². The molecule has 164 valence electrons. The summed E-state index contributed by atoms with van der Waals surface area (Å²) in [5.74, 6) is 0. The largest absolute Gasteiger partial charge is 0.333 e. The van der Waals surface area contributed by atoms with Crippen molar-refractivity contribution in [3.8, 4) is 0 Å². The van der Waals surface area contributed by atoms with Gasteiger partial charge in [0.05, 0.1) is 17.1 Å². The quantitative estimate of drug-likeness (QED) is 0.262. The molecule has 2 heteroatoms. The van der Waals surface area contributed by atoms with Gasteiger partial charge in [0.25, 0.3) is 0 Å². The molecule has 0 saturated carbocycles. The zero-order valence-electron chi connectivity index (χ0n) is 19.3. The lowest BCUT2D eigenvalue weighted by molar-refractivity contribution is 0.647. The summed E-state index contributed by atoms with van der Waals surface area (Å²) in [6.07, 6.45) is 9.14. The van der Waals surface area contributed by atoms with E-state index in [9.17, 15) is 0 Å². The van der Waals surface area contributed by atoms with Gasteiger partial charge in [0, 0.05) is 38.3 Å². The summed E-state index contributed by atoms with van der Waals surface area (Å²) >= 11 is 0. The molecule has 0 radical (unpaired) electrons. The minimum atomic E-state index is 0.298. The van der Waals surface area contributed by atoms with Crippen molar-refractivity contribution >= 4 is 49.3 Å². The van der Waals surface area contributed by atoms with Gasteiger partial charge in [-0.3, -0.25) is 0 Å². The number of fused-ring (bicyclic) bond motifs is 6. The maximum Gasteiger partial charge on any atom is 0.0561 e. The molecule has 1 atom stereocenters. The Kier molecular flexibility index (Phi) is 4.28. The van der Waals surface area contributed by atoms with Gasteiger partial charge in [-0.05, 0) is 54.8 Å².